The Morgan fingerprint density at radius 3 is 2.09 bits per heavy atom. The minimum absolute atomic E-state index is 0.0971. The Morgan fingerprint density at radius 1 is 1.00 bits per heavy atom. The summed E-state index contributed by atoms with van der Waals surface area (Å²) in [6.07, 6.45) is -0.474. The van der Waals surface area contributed by atoms with Crippen molar-refractivity contribution in [2.24, 2.45) is 0 Å². The van der Waals surface area contributed by atoms with E-state index in [4.69, 9.17) is 14.6 Å². The summed E-state index contributed by atoms with van der Waals surface area (Å²) in [4.78, 5) is 35.9. The number of rotatable bonds is 8. The van der Waals surface area contributed by atoms with Gasteiger partial charge in [-0.05, 0) is 55.9 Å². The van der Waals surface area contributed by atoms with Crippen LogP contribution in [-0.2, 0) is 19.1 Å². The molecule has 0 saturated heterocycles. The van der Waals surface area contributed by atoms with Crippen LogP contribution >= 0.6 is 0 Å². The summed E-state index contributed by atoms with van der Waals surface area (Å²) in [6.45, 7) is 5.31. The summed E-state index contributed by atoms with van der Waals surface area (Å²) in [7, 11) is 0. The maximum absolute atomic E-state index is 12.5. The molecule has 0 saturated carbocycles. The number of hydrogen-bond acceptors (Lipinski definition) is 5. The lowest BCUT2D eigenvalue weighted by Gasteiger charge is -2.24. The van der Waals surface area contributed by atoms with Crippen molar-refractivity contribution in [3.63, 3.8) is 0 Å². The molecule has 7 heteroatoms. The number of nitrogens with one attached hydrogen (secondary N) is 1. The molecule has 0 radical (unpaired) electrons. The summed E-state index contributed by atoms with van der Waals surface area (Å²) < 4.78 is 10.9. The molecule has 1 amide bonds. The van der Waals surface area contributed by atoms with E-state index in [1.807, 2.05) is 36.4 Å². The second kappa shape index (κ2) is 9.85. The fraction of sp³-hybridized carbons (Fsp3) is 0.400. The van der Waals surface area contributed by atoms with Crippen LogP contribution in [0.25, 0.3) is 11.1 Å². The Kier molecular flexibility index (Phi) is 7.18. The van der Waals surface area contributed by atoms with Crippen molar-refractivity contribution in [2.45, 2.75) is 57.6 Å². The molecule has 2 N–H and O–H groups in total. The highest BCUT2D eigenvalue weighted by Gasteiger charge is 2.31. The van der Waals surface area contributed by atoms with Gasteiger partial charge in [-0.3, -0.25) is 4.79 Å². The fourth-order valence-electron chi connectivity index (χ4n) is 3.86. The van der Waals surface area contributed by atoms with E-state index in [9.17, 15) is 14.4 Å². The number of carboxylic acid groups (broad SMARTS) is 1. The molecule has 170 valence electrons. The second-order valence-corrected chi connectivity index (χ2v) is 8.84. The Labute approximate surface area is 187 Å². The van der Waals surface area contributed by atoms with Crippen LogP contribution in [0.15, 0.2) is 48.5 Å². The first-order valence-corrected chi connectivity index (χ1v) is 10.7. The number of aliphatic carboxylic acids is 1. The predicted molar refractivity (Wildman–Crippen MR) is 119 cm³/mol. The van der Waals surface area contributed by atoms with E-state index >= 15 is 0 Å². The Balaban J connectivity index is 1.66. The normalized spacial score (nSPS) is 13.6. The first kappa shape index (κ1) is 23.3. The molecule has 32 heavy (non-hydrogen) atoms. The monoisotopic (exact) mass is 439 g/mol. The number of amides is 1. The van der Waals surface area contributed by atoms with Crippen molar-refractivity contribution in [3.8, 4) is 11.1 Å². The van der Waals surface area contributed by atoms with Gasteiger partial charge >= 0.3 is 18.0 Å². The highest BCUT2D eigenvalue weighted by atomic mass is 16.6. The number of fused-ring (bicyclic) bond motifs is 3. The van der Waals surface area contributed by atoms with Crippen LogP contribution in [0.2, 0.25) is 0 Å². The van der Waals surface area contributed by atoms with Crippen molar-refractivity contribution in [1.82, 2.24) is 5.32 Å². The van der Waals surface area contributed by atoms with E-state index in [0.717, 1.165) is 22.3 Å². The third kappa shape index (κ3) is 5.87. The van der Waals surface area contributed by atoms with E-state index in [0.29, 0.717) is 0 Å². The number of benzene rings is 2. The van der Waals surface area contributed by atoms with Crippen LogP contribution in [0.5, 0.6) is 0 Å². The van der Waals surface area contributed by atoms with Crippen LogP contribution in [-0.4, -0.2) is 41.4 Å². The van der Waals surface area contributed by atoms with Gasteiger partial charge in [0.15, 0.2) is 0 Å². The molecular formula is C25H29NO6. The molecule has 1 aliphatic rings. The van der Waals surface area contributed by atoms with Crippen LogP contribution < -0.4 is 5.32 Å². The van der Waals surface area contributed by atoms with Gasteiger partial charge < -0.3 is 19.9 Å². The number of carbonyl (C=O) groups excluding carboxylic acids is 2. The first-order chi connectivity index (χ1) is 15.2. The lowest BCUT2D eigenvalue weighted by atomic mass is 9.98. The first-order valence-electron chi connectivity index (χ1n) is 10.7. The highest BCUT2D eigenvalue weighted by molar-refractivity contribution is 5.82. The molecule has 0 heterocycles. The summed E-state index contributed by atoms with van der Waals surface area (Å²) in [5.74, 6) is -1.68. The molecule has 0 unspecified atom stereocenters. The SMILES string of the molecule is CC(C)(C)OC(=O)[C@@H](CCCC(=O)O)NC(=O)OCC1c2ccccc2-c2ccccc21. The minimum atomic E-state index is -0.982. The van der Waals surface area contributed by atoms with Crippen molar-refractivity contribution < 1.29 is 29.0 Å². The second-order valence-electron chi connectivity index (χ2n) is 8.84. The van der Waals surface area contributed by atoms with Gasteiger partial charge in [0.25, 0.3) is 0 Å². The third-order valence-electron chi connectivity index (χ3n) is 5.21. The summed E-state index contributed by atoms with van der Waals surface area (Å²) in [5.41, 5.74) is 3.69. The number of alkyl carbamates (subject to hydrolysis) is 1. The molecule has 0 bridgehead atoms. The van der Waals surface area contributed by atoms with Gasteiger partial charge in [0.1, 0.15) is 18.2 Å². The molecule has 1 aliphatic carbocycles. The lowest BCUT2D eigenvalue weighted by molar-refractivity contribution is -0.157. The molecular weight excluding hydrogens is 410 g/mol. The number of carbonyl (C=O) groups is 3. The average molecular weight is 440 g/mol. The van der Waals surface area contributed by atoms with E-state index in [-0.39, 0.29) is 31.8 Å². The third-order valence-corrected chi connectivity index (χ3v) is 5.21. The van der Waals surface area contributed by atoms with E-state index < -0.39 is 29.7 Å². The van der Waals surface area contributed by atoms with Crippen molar-refractivity contribution >= 4 is 18.0 Å². The minimum Gasteiger partial charge on any atom is -0.481 e. The zero-order chi connectivity index (χ0) is 23.3. The Morgan fingerprint density at radius 2 is 1.56 bits per heavy atom. The zero-order valence-electron chi connectivity index (χ0n) is 18.6. The van der Waals surface area contributed by atoms with Crippen molar-refractivity contribution in [3.05, 3.63) is 59.7 Å². The van der Waals surface area contributed by atoms with Crippen LogP contribution in [0.4, 0.5) is 4.79 Å². The largest absolute Gasteiger partial charge is 0.481 e. The summed E-state index contributed by atoms with van der Waals surface area (Å²) in [6, 6.07) is 15.0. The number of hydrogen-bond donors (Lipinski definition) is 2. The van der Waals surface area contributed by atoms with E-state index in [1.54, 1.807) is 20.8 Å². The van der Waals surface area contributed by atoms with Crippen LogP contribution in [0, 0.1) is 0 Å². The highest BCUT2D eigenvalue weighted by Crippen LogP contribution is 2.44. The molecule has 2 aromatic rings. The summed E-state index contributed by atoms with van der Waals surface area (Å²) >= 11 is 0. The maximum atomic E-state index is 12.5. The molecule has 2 aromatic carbocycles. The molecule has 0 spiro atoms. The maximum Gasteiger partial charge on any atom is 0.407 e. The van der Waals surface area contributed by atoms with Gasteiger partial charge in [0.05, 0.1) is 0 Å². The van der Waals surface area contributed by atoms with Crippen LogP contribution in [0.3, 0.4) is 0 Å². The topological polar surface area (TPSA) is 102 Å². The van der Waals surface area contributed by atoms with Crippen molar-refractivity contribution in [1.29, 1.82) is 0 Å². The van der Waals surface area contributed by atoms with Gasteiger partial charge in [-0.1, -0.05) is 48.5 Å². The number of esters is 1. The van der Waals surface area contributed by atoms with Gasteiger partial charge in [-0.2, -0.15) is 0 Å². The molecule has 0 aliphatic heterocycles. The summed E-state index contributed by atoms with van der Waals surface area (Å²) in [5, 5.41) is 11.4. The van der Waals surface area contributed by atoms with Gasteiger partial charge in [-0.25, -0.2) is 9.59 Å². The number of ether oxygens (including phenoxy) is 2. The van der Waals surface area contributed by atoms with E-state index in [2.05, 4.69) is 17.4 Å². The smallest absolute Gasteiger partial charge is 0.407 e. The van der Waals surface area contributed by atoms with Crippen LogP contribution in [0.1, 0.15) is 57.1 Å². The lowest BCUT2D eigenvalue weighted by Crippen LogP contribution is -2.44. The average Bonchev–Trinajstić information content (AvgIpc) is 3.04. The molecule has 1 atom stereocenters. The Bertz CT molecular complexity index is 948. The van der Waals surface area contributed by atoms with Gasteiger partial charge in [0, 0.05) is 12.3 Å². The Hall–Kier alpha value is -3.35. The quantitative estimate of drug-likeness (QED) is 0.588. The van der Waals surface area contributed by atoms with Gasteiger partial charge in [-0.15, -0.1) is 0 Å². The van der Waals surface area contributed by atoms with E-state index in [1.165, 1.54) is 0 Å². The predicted octanol–water partition coefficient (Wildman–Crippen LogP) is 4.49. The zero-order valence-corrected chi connectivity index (χ0v) is 18.6. The molecule has 0 fully saturated rings. The standard InChI is InChI=1S/C25H29NO6/c1-25(2,3)32-23(29)21(13-8-14-22(27)28)26-24(30)31-15-20-18-11-6-4-9-16(18)17-10-5-7-12-19(17)20/h4-7,9-12,20-21H,8,13-15H2,1-3H3,(H,26,30)(H,27,28)/t21-/m1/s1. The van der Waals surface area contributed by atoms with Crippen molar-refractivity contribution in [2.75, 3.05) is 6.61 Å². The molecule has 0 aromatic heterocycles. The molecule has 7 nitrogen and oxygen atoms in total. The molecule has 3 rings (SSSR count). The van der Waals surface area contributed by atoms with Gasteiger partial charge in [0.2, 0.25) is 0 Å². The number of carboxylic acids is 1. The fourth-order valence-corrected chi connectivity index (χ4v) is 3.86.